The molecule has 0 radical (unpaired) electrons. The largest absolute Gasteiger partial charge is 0.172 e. The highest BCUT2D eigenvalue weighted by atomic mass is 32.1. The lowest BCUT2D eigenvalue weighted by Crippen LogP contribution is -1.97. The van der Waals surface area contributed by atoms with E-state index in [1.54, 1.807) is 0 Å². The van der Waals surface area contributed by atoms with Gasteiger partial charge < -0.3 is 0 Å². The van der Waals surface area contributed by atoms with Gasteiger partial charge in [-0.25, -0.2) is 0 Å². The highest BCUT2D eigenvalue weighted by Gasteiger charge is 2.18. The van der Waals surface area contributed by atoms with E-state index >= 15 is 0 Å². The second-order valence-corrected chi connectivity index (χ2v) is 13.9. The SMILES string of the molecule is CCCCCCc1ccc(CCCCCC)c(-c2ccc(-c3cc(CCCCCC)ccc3CCCCCC)c3nsnc23)c1. The van der Waals surface area contributed by atoms with Crippen molar-refractivity contribution in [2.24, 2.45) is 0 Å². The second-order valence-electron chi connectivity index (χ2n) is 13.3. The molecule has 45 heavy (non-hydrogen) atoms. The fourth-order valence-corrected chi connectivity index (χ4v) is 7.37. The Morgan fingerprint density at radius 2 is 0.778 bits per heavy atom. The zero-order valence-electron chi connectivity index (χ0n) is 29.1. The molecule has 3 aromatic carbocycles. The summed E-state index contributed by atoms with van der Waals surface area (Å²) in [6, 6.07) is 19.4. The Labute approximate surface area is 279 Å². The van der Waals surface area contributed by atoms with E-state index in [4.69, 9.17) is 8.75 Å². The van der Waals surface area contributed by atoms with E-state index in [2.05, 4.69) is 76.2 Å². The highest BCUT2D eigenvalue weighted by molar-refractivity contribution is 7.00. The van der Waals surface area contributed by atoms with Gasteiger partial charge in [0.1, 0.15) is 11.0 Å². The predicted octanol–water partition coefficient (Wildman–Crippen LogP) is 13.5. The number of benzene rings is 3. The quantitative estimate of drug-likeness (QED) is 0.0813. The standard InChI is InChI=1S/C42H60N2S/c1-5-9-13-17-21-33-25-27-35(23-19-15-11-7-3)39(31-33)37-29-30-38(42-41(37)43-45-44-42)40-32-34(22-18-14-10-6-2)26-28-36(40)24-20-16-12-8-4/h25-32H,5-24H2,1-4H3. The second kappa shape index (κ2) is 19.9. The van der Waals surface area contributed by atoms with Crippen molar-refractivity contribution in [3.05, 3.63) is 70.8 Å². The number of fused-ring (bicyclic) bond motifs is 1. The molecule has 0 saturated heterocycles. The Bertz CT molecular complexity index is 1310. The van der Waals surface area contributed by atoms with E-state index in [0.717, 1.165) is 36.7 Å². The molecule has 0 unspecified atom stereocenters. The molecule has 0 fully saturated rings. The molecular weight excluding hydrogens is 565 g/mol. The normalized spacial score (nSPS) is 11.6. The van der Waals surface area contributed by atoms with Crippen molar-refractivity contribution in [1.29, 1.82) is 0 Å². The Kier molecular flexibility index (Phi) is 15.6. The Morgan fingerprint density at radius 3 is 1.16 bits per heavy atom. The van der Waals surface area contributed by atoms with E-state index in [-0.39, 0.29) is 0 Å². The lowest BCUT2D eigenvalue weighted by molar-refractivity contribution is 0.664. The van der Waals surface area contributed by atoms with Crippen LogP contribution in [0.1, 0.15) is 153 Å². The van der Waals surface area contributed by atoms with Crippen LogP contribution in [0, 0.1) is 0 Å². The van der Waals surface area contributed by atoms with Crippen LogP contribution in [-0.4, -0.2) is 8.75 Å². The van der Waals surface area contributed by atoms with E-state index in [1.807, 2.05) is 0 Å². The molecular formula is C42H60N2S. The highest BCUT2D eigenvalue weighted by Crippen LogP contribution is 2.39. The summed E-state index contributed by atoms with van der Waals surface area (Å²) in [7, 11) is 0. The van der Waals surface area contributed by atoms with E-state index < -0.39 is 0 Å². The van der Waals surface area contributed by atoms with Crippen molar-refractivity contribution in [3.8, 4) is 22.3 Å². The zero-order valence-corrected chi connectivity index (χ0v) is 29.9. The molecule has 0 aliphatic heterocycles. The van der Waals surface area contributed by atoms with E-state index in [0.29, 0.717) is 0 Å². The van der Waals surface area contributed by atoms with Crippen LogP contribution >= 0.6 is 11.7 Å². The number of hydrogen-bond donors (Lipinski definition) is 0. The first kappa shape index (κ1) is 35.3. The topological polar surface area (TPSA) is 25.8 Å². The predicted molar refractivity (Wildman–Crippen MR) is 200 cm³/mol. The van der Waals surface area contributed by atoms with Crippen molar-refractivity contribution < 1.29 is 0 Å². The van der Waals surface area contributed by atoms with Gasteiger partial charge in [0, 0.05) is 11.1 Å². The number of rotatable bonds is 22. The summed E-state index contributed by atoms with van der Waals surface area (Å²) in [6.45, 7) is 9.18. The molecule has 2 nitrogen and oxygen atoms in total. The molecule has 0 aliphatic rings. The van der Waals surface area contributed by atoms with Gasteiger partial charge in [-0.3, -0.25) is 0 Å². The van der Waals surface area contributed by atoms with Crippen LogP contribution in [0.3, 0.4) is 0 Å². The molecule has 0 spiro atoms. The van der Waals surface area contributed by atoms with Crippen molar-refractivity contribution in [1.82, 2.24) is 8.75 Å². The number of aryl methyl sites for hydroxylation is 4. The third-order valence-corrected chi connectivity index (χ3v) is 10.1. The summed E-state index contributed by atoms with van der Waals surface area (Å²) >= 11 is 1.38. The van der Waals surface area contributed by atoms with Crippen LogP contribution in [0.25, 0.3) is 33.3 Å². The minimum atomic E-state index is 1.08. The first-order valence-corrected chi connectivity index (χ1v) is 19.4. The molecule has 1 aromatic heterocycles. The van der Waals surface area contributed by atoms with Crippen LogP contribution in [0.2, 0.25) is 0 Å². The van der Waals surface area contributed by atoms with Gasteiger partial charge in [-0.1, -0.05) is 153 Å². The zero-order chi connectivity index (χ0) is 31.7. The van der Waals surface area contributed by atoms with Gasteiger partial charge in [-0.15, -0.1) is 0 Å². The van der Waals surface area contributed by atoms with Crippen molar-refractivity contribution in [3.63, 3.8) is 0 Å². The van der Waals surface area contributed by atoms with Gasteiger partial charge >= 0.3 is 0 Å². The van der Waals surface area contributed by atoms with Gasteiger partial charge in [0.2, 0.25) is 0 Å². The molecule has 0 aliphatic carbocycles. The van der Waals surface area contributed by atoms with Crippen LogP contribution in [0.4, 0.5) is 0 Å². The van der Waals surface area contributed by atoms with Gasteiger partial charge in [0.15, 0.2) is 0 Å². The Hall–Kier alpha value is -2.52. The first-order valence-electron chi connectivity index (χ1n) is 18.7. The minimum Gasteiger partial charge on any atom is -0.172 e. The number of hydrogen-bond acceptors (Lipinski definition) is 3. The number of aromatic nitrogens is 2. The fourth-order valence-electron chi connectivity index (χ4n) is 6.79. The molecule has 244 valence electrons. The monoisotopic (exact) mass is 624 g/mol. The molecule has 0 saturated carbocycles. The van der Waals surface area contributed by atoms with Gasteiger partial charge in [0.05, 0.1) is 11.7 Å². The van der Waals surface area contributed by atoms with Crippen LogP contribution in [-0.2, 0) is 25.7 Å². The smallest absolute Gasteiger partial charge is 0.113 e. The summed E-state index contributed by atoms with van der Waals surface area (Å²) in [4.78, 5) is 0. The molecule has 0 N–H and O–H groups in total. The summed E-state index contributed by atoms with van der Waals surface area (Å²) in [6.07, 6.45) is 25.3. The molecule has 4 aromatic rings. The Balaban J connectivity index is 1.72. The maximum atomic E-state index is 4.99. The number of unbranched alkanes of at least 4 members (excludes halogenated alkanes) is 12. The summed E-state index contributed by atoms with van der Waals surface area (Å²) in [5.41, 5.74) is 13.3. The van der Waals surface area contributed by atoms with Crippen LogP contribution in [0.5, 0.6) is 0 Å². The van der Waals surface area contributed by atoms with E-state index in [9.17, 15) is 0 Å². The Morgan fingerprint density at radius 1 is 0.400 bits per heavy atom. The average Bonchev–Trinajstić information content (AvgIpc) is 3.56. The van der Waals surface area contributed by atoms with Gasteiger partial charge in [-0.2, -0.15) is 8.75 Å². The average molecular weight is 625 g/mol. The molecule has 4 rings (SSSR count). The lowest BCUT2D eigenvalue weighted by atomic mass is 9.88. The third kappa shape index (κ3) is 10.5. The van der Waals surface area contributed by atoms with Crippen molar-refractivity contribution >= 4 is 22.8 Å². The first-order chi connectivity index (χ1) is 22.2. The molecule has 3 heteroatoms. The minimum absolute atomic E-state index is 1.08. The third-order valence-electron chi connectivity index (χ3n) is 9.58. The van der Waals surface area contributed by atoms with Gasteiger partial charge in [-0.05, 0) is 84.7 Å². The van der Waals surface area contributed by atoms with Crippen LogP contribution in [0.15, 0.2) is 48.5 Å². The maximum Gasteiger partial charge on any atom is 0.113 e. The summed E-state index contributed by atoms with van der Waals surface area (Å²) in [5, 5.41) is 0. The lowest BCUT2D eigenvalue weighted by Gasteiger charge is -2.16. The summed E-state index contributed by atoms with van der Waals surface area (Å²) in [5.74, 6) is 0. The van der Waals surface area contributed by atoms with E-state index in [1.165, 1.54) is 159 Å². The molecule has 0 bridgehead atoms. The van der Waals surface area contributed by atoms with Gasteiger partial charge in [0.25, 0.3) is 0 Å². The fraction of sp³-hybridized carbons (Fsp3) is 0.571. The van der Waals surface area contributed by atoms with Crippen molar-refractivity contribution in [2.45, 2.75) is 156 Å². The summed E-state index contributed by atoms with van der Waals surface area (Å²) < 4.78 is 9.97. The molecule has 0 atom stereocenters. The maximum absolute atomic E-state index is 4.99. The molecule has 1 heterocycles. The number of nitrogens with zero attached hydrogens (tertiary/aromatic N) is 2. The molecule has 0 amide bonds. The van der Waals surface area contributed by atoms with Crippen LogP contribution < -0.4 is 0 Å². The van der Waals surface area contributed by atoms with Crippen molar-refractivity contribution in [2.75, 3.05) is 0 Å².